The molecule has 0 aliphatic heterocycles. The predicted molar refractivity (Wildman–Crippen MR) is 78.8 cm³/mol. The van der Waals surface area contributed by atoms with Crippen LogP contribution in [0.1, 0.15) is 21.7 Å². The Kier molecular flexibility index (Phi) is 4.94. The second-order valence-electron chi connectivity index (χ2n) is 4.60. The molecule has 112 valence electrons. The third kappa shape index (κ3) is 3.61. The molecule has 21 heavy (non-hydrogen) atoms. The van der Waals surface area contributed by atoms with E-state index in [1.165, 1.54) is 7.11 Å². The van der Waals surface area contributed by atoms with Crippen molar-refractivity contribution in [2.24, 2.45) is 0 Å². The average molecular weight is 289 g/mol. The van der Waals surface area contributed by atoms with Crippen LogP contribution in [0.3, 0.4) is 0 Å². The SMILES string of the molecule is COC(=O)c1nn(CCOCc2ccccc2)c(C)c1N. The van der Waals surface area contributed by atoms with Crippen molar-refractivity contribution in [3.63, 3.8) is 0 Å². The van der Waals surface area contributed by atoms with Gasteiger partial charge in [0.25, 0.3) is 0 Å². The van der Waals surface area contributed by atoms with E-state index in [1.807, 2.05) is 37.3 Å². The lowest BCUT2D eigenvalue weighted by Gasteiger charge is -2.06. The van der Waals surface area contributed by atoms with E-state index in [9.17, 15) is 4.79 Å². The summed E-state index contributed by atoms with van der Waals surface area (Å²) in [5, 5.41) is 4.16. The van der Waals surface area contributed by atoms with E-state index in [1.54, 1.807) is 4.68 Å². The first-order valence-corrected chi connectivity index (χ1v) is 6.66. The molecule has 0 amide bonds. The fraction of sp³-hybridized carbons (Fsp3) is 0.333. The summed E-state index contributed by atoms with van der Waals surface area (Å²) in [7, 11) is 1.30. The molecule has 1 heterocycles. The van der Waals surface area contributed by atoms with Gasteiger partial charge in [0.15, 0.2) is 5.69 Å². The van der Waals surface area contributed by atoms with Crippen LogP contribution in [-0.4, -0.2) is 29.5 Å². The molecule has 0 atom stereocenters. The number of carbonyl (C=O) groups excluding carboxylic acids is 1. The standard InChI is InChI=1S/C15H19N3O3/c1-11-13(16)14(15(19)20-2)17-18(11)8-9-21-10-12-6-4-3-5-7-12/h3-7H,8-10,16H2,1-2H3. The van der Waals surface area contributed by atoms with Crippen molar-refractivity contribution >= 4 is 11.7 Å². The fourth-order valence-corrected chi connectivity index (χ4v) is 1.94. The first kappa shape index (κ1) is 15.1. The topological polar surface area (TPSA) is 79.4 Å². The Balaban J connectivity index is 1.90. The number of benzene rings is 1. The van der Waals surface area contributed by atoms with Gasteiger partial charge in [0.05, 0.1) is 38.2 Å². The third-order valence-corrected chi connectivity index (χ3v) is 3.19. The third-order valence-electron chi connectivity index (χ3n) is 3.19. The number of ether oxygens (including phenoxy) is 2. The number of nitrogens with zero attached hydrogens (tertiary/aromatic N) is 2. The second-order valence-corrected chi connectivity index (χ2v) is 4.60. The van der Waals surface area contributed by atoms with Gasteiger partial charge in [-0.15, -0.1) is 0 Å². The maximum Gasteiger partial charge on any atom is 0.360 e. The zero-order chi connectivity index (χ0) is 15.2. The van der Waals surface area contributed by atoms with Crippen LogP contribution in [-0.2, 0) is 22.6 Å². The molecule has 0 radical (unpaired) electrons. The number of carbonyl (C=O) groups is 1. The maximum absolute atomic E-state index is 11.5. The molecule has 0 aliphatic carbocycles. The van der Waals surface area contributed by atoms with E-state index >= 15 is 0 Å². The summed E-state index contributed by atoms with van der Waals surface area (Å²) in [4.78, 5) is 11.5. The van der Waals surface area contributed by atoms with Gasteiger partial charge in [0, 0.05) is 0 Å². The Bertz CT molecular complexity index is 608. The van der Waals surface area contributed by atoms with Gasteiger partial charge in [0.1, 0.15) is 0 Å². The number of nitrogen functional groups attached to an aromatic ring is 1. The molecule has 0 aliphatic rings. The van der Waals surface area contributed by atoms with Crippen LogP contribution in [0.25, 0.3) is 0 Å². The minimum absolute atomic E-state index is 0.151. The molecule has 2 rings (SSSR count). The van der Waals surface area contributed by atoms with Crippen molar-refractivity contribution in [3.8, 4) is 0 Å². The Morgan fingerprint density at radius 3 is 2.71 bits per heavy atom. The van der Waals surface area contributed by atoms with Crippen molar-refractivity contribution in [3.05, 3.63) is 47.3 Å². The highest BCUT2D eigenvalue weighted by atomic mass is 16.5. The van der Waals surface area contributed by atoms with E-state index in [2.05, 4.69) is 9.84 Å². The zero-order valence-electron chi connectivity index (χ0n) is 12.2. The van der Waals surface area contributed by atoms with Gasteiger partial charge in [-0.05, 0) is 12.5 Å². The van der Waals surface area contributed by atoms with Gasteiger partial charge >= 0.3 is 5.97 Å². The molecule has 0 unspecified atom stereocenters. The van der Waals surface area contributed by atoms with Gasteiger partial charge in [-0.3, -0.25) is 4.68 Å². The zero-order valence-corrected chi connectivity index (χ0v) is 12.2. The van der Waals surface area contributed by atoms with Gasteiger partial charge < -0.3 is 15.2 Å². The molecule has 0 fully saturated rings. The van der Waals surface area contributed by atoms with E-state index in [4.69, 9.17) is 10.5 Å². The Hall–Kier alpha value is -2.34. The van der Waals surface area contributed by atoms with Crippen LogP contribution in [0.15, 0.2) is 30.3 Å². The van der Waals surface area contributed by atoms with Crippen molar-refractivity contribution in [1.29, 1.82) is 0 Å². The van der Waals surface area contributed by atoms with Crippen LogP contribution in [0.2, 0.25) is 0 Å². The molecule has 0 saturated carbocycles. The van der Waals surface area contributed by atoms with Crippen LogP contribution in [0.4, 0.5) is 5.69 Å². The summed E-state index contributed by atoms with van der Waals surface area (Å²) < 4.78 is 11.9. The highest BCUT2D eigenvalue weighted by Gasteiger charge is 2.18. The summed E-state index contributed by atoms with van der Waals surface area (Å²) in [6.45, 7) is 3.36. The van der Waals surface area contributed by atoms with E-state index < -0.39 is 5.97 Å². The molecule has 2 aromatic rings. The quantitative estimate of drug-likeness (QED) is 0.647. The molecule has 1 aromatic heterocycles. The van der Waals surface area contributed by atoms with Crippen LogP contribution >= 0.6 is 0 Å². The molecule has 6 heteroatoms. The molecule has 0 saturated heterocycles. The van der Waals surface area contributed by atoms with Gasteiger partial charge in [-0.1, -0.05) is 30.3 Å². The van der Waals surface area contributed by atoms with E-state index in [0.717, 1.165) is 11.3 Å². The normalized spacial score (nSPS) is 10.6. The average Bonchev–Trinajstić information content (AvgIpc) is 2.80. The first-order valence-electron chi connectivity index (χ1n) is 6.66. The van der Waals surface area contributed by atoms with E-state index in [0.29, 0.717) is 25.4 Å². The first-order chi connectivity index (χ1) is 10.1. The van der Waals surface area contributed by atoms with Crippen LogP contribution in [0, 0.1) is 6.92 Å². The summed E-state index contributed by atoms with van der Waals surface area (Å²) in [6.07, 6.45) is 0. The van der Waals surface area contributed by atoms with Crippen molar-refractivity contribution < 1.29 is 14.3 Å². The summed E-state index contributed by atoms with van der Waals surface area (Å²) in [6, 6.07) is 9.92. The lowest BCUT2D eigenvalue weighted by Crippen LogP contribution is -2.10. The number of nitrogens with two attached hydrogens (primary N) is 1. The number of esters is 1. The van der Waals surface area contributed by atoms with Gasteiger partial charge in [0.2, 0.25) is 0 Å². The molecule has 0 bridgehead atoms. The number of hydrogen-bond acceptors (Lipinski definition) is 5. The highest BCUT2D eigenvalue weighted by molar-refractivity contribution is 5.93. The molecular formula is C15H19N3O3. The van der Waals surface area contributed by atoms with Crippen LogP contribution < -0.4 is 5.73 Å². The molecular weight excluding hydrogens is 270 g/mol. The lowest BCUT2D eigenvalue weighted by atomic mass is 10.2. The summed E-state index contributed by atoms with van der Waals surface area (Å²) >= 11 is 0. The highest BCUT2D eigenvalue weighted by Crippen LogP contribution is 2.16. The molecule has 0 spiro atoms. The molecule has 6 nitrogen and oxygen atoms in total. The van der Waals surface area contributed by atoms with Gasteiger partial charge in [-0.25, -0.2) is 4.79 Å². The van der Waals surface area contributed by atoms with Crippen molar-refractivity contribution in [2.45, 2.75) is 20.1 Å². The maximum atomic E-state index is 11.5. The number of hydrogen-bond donors (Lipinski definition) is 1. The monoisotopic (exact) mass is 289 g/mol. The number of aromatic nitrogens is 2. The van der Waals surface area contributed by atoms with E-state index in [-0.39, 0.29) is 5.69 Å². The van der Waals surface area contributed by atoms with Crippen LogP contribution in [0.5, 0.6) is 0 Å². The minimum Gasteiger partial charge on any atom is -0.464 e. The Labute approximate surface area is 123 Å². The number of rotatable bonds is 6. The minimum atomic E-state index is -0.528. The van der Waals surface area contributed by atoms with Crippen molar-refractivity contribution in [1.82, 2.24) is 9.78 Å². The number of anilines is 1. The van der Waals surface area contributed by atoms with Gasteiger partial charge in [-0.2, -0.15) is 5.10 Å². The fourth-order valence-electron chi connectivity index (χ4n) is 1.94. The Morgan fingerprint density at radius 2 is 2.05 bits per heavy atom. The number of methoxy groups -OCH3 is 1. The summed E-state index contributed by atoms with van der Waals surface area (Å²) in [5.74, 6) is -0.528. The lowest BCUT2D eigenvalue weighted by molar-refractivity contribution is 0.0593. The molecule has 1 aromatic carbocycles. The largest absolute Gasteiger partial charge is 0.464 e. The summed E-state index contributed by atoms with van der Waals surface area (Å²) in [5.41, 5.74) is 8.20. The predicted octanol–water partition coefficient (Wildman–Crippen LogP) is 1.78. The van der Waals surface area contributed by atoms with Crippen molar-refractivity contribution in [2.75, 3.05) is 19.5 Å². The Morgan fingerprint density at radius 1 is 1.33 bits per heavy atom. The molecule has 2 N–H and O–H groups in total. The smallest absolute Gasteiger partial charge is 0.360 e. The second kappa shape index (κ2) is 6.90.